The summed E-state index contributed by atoms with van der Waals surface area (Å²) in [5.74, 6) is -0.962. The predicted molar refractivity (Wildman–Crippen MR) is 39.3 cm³/mol. The van der Waals surface area contributed by atoms with Gasteiger partial charge in [-0.3, -0.25) is 14.0 Å². The van der Waals surface area contributed by atoms with Gasteiger partial charge in [0, 0.05) is 0 Å². The van der Waals surface area contributed by atoms with Crippen LogP contribution >= 0.6 is 7.75 Å². The fraction of sp³-hybridized carbons (Fsp3) is 0.800. The van der Waals surface area contributed by atoms with Crippen molar-refractivity contribution in [2.75, 3.05) is 13.2 Å². The Morgan fingerprint density at radius 2 is 2.20 bits per heavy atom. The van der Waals surface area contributed by atoms with Gasteiger partial charge in [0.2, 0.25) is 13.7 Å². The molecule has 0 saturated carbocycles. The second-order valence-corrected chi connectivity index (χ2v) is 4.56. The summed E-state index contributed by atoms with van der Waals surface area (Å²) in [5.41, 5.74) is 5.06. The van der Waals surface area contributed by atoms with E-state index in [2.05, 4.69) is 4.52 Å². The quantitative estimate of drug-likeness (QED) is 0.520. The molecule has 0 aromatic carbocycles. The van der Waals surface area contributed by atoms with E-state index >= 15 is 0 Å². The SMILES string of the molecule is N[C@H]1CN(P(=O)([O-])OCC(F)(F)F)C1=O. The van der Waals surface area contributed by atoms with Crippen LogP contribution in [0.3, 0.4) is 0 Å². The lowest BCUT2D eigenvalue weighted by Gasteiger charge is -2.43. The van der Waals surface area contributed by atoms with Gasteiger partial charge in [-0.15, -0.1) is 0 Å². The molecule has 15 heavy (non-hydrogen) atoms. The van der Waals surface area contributed by atoms with Crippen LogP contribution in [0.1, 0.15) is 0 Å². The van der Waals surface area contributed by atoms with Gasteiger partial charge in [-0.1, -0.05) is 0 Å². The van der Waals surface area contributed by atoms with Crippen molar-refractivity contribution in [1.82, 2.24) is 4.67 Å². The third-order valence-electron chi connectivity index (χ3n) is 1.63. The highest BCUT2D eigenvalue weighted by Crippen LogP contribution is 2.46. The summed E-state index contributed by atoms with van der Waals surface area (Å²) in [6, 6.07) is -0.984. The number of carbonyl (C=O) groups is 1. The maximum Gasteiger partial charge on any atom is 0.412 e. The largest absolute Gasteiger partial charge is 0.761 e. The molecule has 0 aromatic rings. The molecule has 1 amide bonds. The monoisotopic (exact) mass is 247 g/mol. The average Bonchev–Trinajstić information content (AvgIpc) is 2.09. The number of rotatable bonds is 3. The highest BCUT2D eigenvalue weighted by molar-refractivity contribution is 7.49. The van der Waals surface area contributed by atoms with Gasteiger partial charge in [-0.25, -0.2) is 0 Å². The molecule has 1 rings (SSSR count). The minimum atomic E-state index is -4.95. The second kappa shape index (κ2) is 3.75. The number of hydrogen-bond acceptors (Lipinski definition) is 5. The van der Waals surface area contributed by atoms with E-state index in [-0.39, 0.29) is 11.2 Å². The summed E-state index contributed by atoms with van der Waals surface area (Å²) in [5, 5.41) is 0. The second-order valence-electron chi connectivity index (χ2n) is 2.88. The van der Waals surface area contributed by atoms with E-state index in [9.17, 15) is 27.4 Å². The van der Waals surface area contributed by atoms with E-state index in [4.69, 9.17) is 5.73 Å². The highest BCUT2D eigenvalue weighted by Gasteiger charge is 2.42. The number of amides is 1. The zero-order valence-corrected chi connectivity index (χ0v) is 8.12. The first kappa shape index (κ1) is 12.4. The molecule has 10 heteroatoms. The summed E-state index contributed by atoms with van der Waals surface area (Å²) in [6.07, 6.45) is -4.77. The number of alkyl halides is 3. The molecule has 0 spiro atoms. The van der Waals surface area contributed by atoms with Crippen molar-refractivity contribution < 1.29 is 31.9 Å². The molecule has 88 valence electrons. The standard InChI is InChI=1S/C5H8F3N2O4P/c6-5(7,8)2-14-15(12,13)10-1-3(9)4(10)11/h3H,1-2,9H2,(H,12,13)/p-1/t3-/m0/s1. The van der Waals surface area contributed by atoms with Crippen LogP contribution in [0.5, 0.6) is 0 Å². The number of hydrogen-bond donors (Lipinski definition) is 1. The first-order valence-corrected chi connectivity index (χ1v) is 5.23. The Labute approximate surface area is 82.4 Å². The molecule has 0 aromatic heterocycles. The summed E-state index contributed by atoms with van der Waals surface area (Å²) in [4.78, 5) is 21.8. The highest BCUT2D eigenvalue weighted by atomic mass is 31.2. The maximum atomic E-state index is 11.6. The van der Waals surface area contributed by atoms with Crippen molar-refractivity contribution in [2.45, 2.75) is 12.2 Å². The van der Waals surface area contributed by atoms with E-state index in [0.29, 0.717) is 0 Å². The van der Waals surface area contributed by atoms with Crippen molar-refractivity contribution >= 4 is 13.7 Å². The summed E-state index contributed by atoms with van der Waals surface area (Å²) >= 11 is 0. The molecule has 1 heterocycles. The number of nitrogens with zero attached hydrogens (tertiary/aromatic N) is 1. The van der Waals surface area contributed by atoms with Crippen molar-refractivity contribution in [2.24, 2.45) is 5.73 Å². The smallest absolute Gasteiger partial charge is 0.412 e. The van der Waals surface area contributed by atoms with Gasteiger partial charge < -0.3 is 15.2 Å². The first-order chi connectivity index (χ1) is 6.63. The van der Waals surface area contributed by atoms with E-state index < -0.39 is 32.5 Å². The lowest BCUT2D eigenvalue weighted by atomic mass is 10.2. The Kier molecular flexibility index (Phi) is 3.11. The van der Waals surface area contributed by atoms with Crippen LogP contribution in [0.4, 0.5) is 13.2 Å². The fourth-order valence-corrected chi connectivity index (χ4v) is 2.09. The Bertz CT molecular complexity index is 320. The van der Waals surface area contributed by atoms with Crippen molar-refractivity contribution in [3.63, 3.8) is 0 Å². The molecule has 2 N–H and O–H groups in total. The summed E-state index contributed by atoms with van der Waals surface area (Å²) in [7, 11) is -4.95. The zero-order valence-electron chi connectivity index (χ0n) is 7.23. The normalized spacial score (nSPS) is 26.1. The molecule has 1 saturated heterocycles. The van der Waals surface area contributed by atoms with Crippen LogP contribution in [0.15, 0.2) is 0 Å². The third kappa shape index (κ3) is 2.91. The van der Waals surface area contributed by atoms with Crippen LogP contribution in [0.2, 0.25) is 0 Å². The average molecular weight is 247 g/mol. The van der Waals surface area contributed by atoms with Crippen molar-refractivity contribution in [1.29, 1.82) is 0 Å². The molecule has 2 atom stereocenters. The lowest BCUT2D eigenvalue weighted by Crippen LogP contribution is -2.60. The summed E-state index contributed by atoms with van der Waals surface area (Å²) < 4.78 is 49.7. The van der Waals surface area contributed by atoms with Crippen molar-refractivity contribution in [3.8, 4) is 0 Å². The molecule has 0 bridgehead atoms. The molecule has 1 aliphatic rings. The van der Waals surface area contributed by atoms with Gasteiger partial charge in [0.25, 0.3) is 0 Å². The molecule has 6 nitrogen and oxygen atoms in total. The topological polar surface area (TPSA) is 95.7 Å². The Morgan fingerprint density at radius 1 is 1.67 bits per heavy atom. The Morgan fingerprint density at radius 3 is 2.53 bits per heavy atom. The number of halogens is 3. The molecule has 0 radical (unpaired) electrons. The van der Waals surface area contributed by atoms with E-state index in [1.807, 2.05) is 0 Å². The molecular formula is C5H7F3N2O4P-. The first-order valence-electron chi connectivity index (χ1n) is 3.73. The number of nitrogens with two attached hydrogens (primary N) is 1. The van der Waals surface area contributed by atoms with Gasteiger partial charge in [-0.05, 0) is 0 Å². The minimum Gasteiger partial charge on any atom is -0.761 e. The summed E-state index contributed by atoms with van der Waals surface area (Å²) in [6.45, 7) is -2.30. The van der Waals surface area contributed by atoms with Gasteiger partial charge in [0.1, 0.15) is 6.04 Å². The molecule has 0 aliphatic carbocycles. The third-order valence-corrected chi connectivity index (χ3v) is 3.04. The lowest BCUT2D eigenvalue weighted by molar-refractivity contribution is -0.231. The molecule has 1 aliphatic heterocycles. The zero-order chi connectivity index (χ0) is 11.9. The Balaban J connectivity index is 2.54. The van der Waals surface area contributed by atoms with Gasteiger partial charge in [0.15, 0.2) is 6.61 Å². The van der Waals surface area contributed by atoms with Crippen LogP contribution in [0.25, 0.3) is 0 Å². The predicted octanol–water partition coefficient (Wildman–Crippen LogP) is -0.797. The van der Waals surface area contributed by atoms with E-state index in [1.54, 1.807) is 0 Å². The van der Waals surface area contributed by atoms with Crippen LogP contribution in [0, 0.1) is 0 Å². The van der Waals surface area contributed by atoms with Crippen molar-refractivity contribution in [3.05, 3.63) is 0 Å². The maximum absolute atomic E-state index is 11.6. The van der Waals surface area contributed by atoms with Gasteiger partial charge >= 0.3 is 6.18 Å². The minimum absolute atomic E-state index is 0.184. The van der Waals surface area contributed by atoms with E-state index in [1.165, 1.54) is 0 Å². The van der Waals surface area contributed by atoms with Crippen LogP contribution in [-0.2, 0) is 13.9 Å². The Hall–Kier alpha value is -0.630. The number of β-lactam (4-membered cyclic amide) rings is 1. The van der Waals surface area contributed by atoms with Gasteiger partial charge in [-0.2, -0.15) is 13.2 Å². The van der Waals surface area contributed by atoms with E-state index in [0.717, 1.165) is 0 Å². The number of carbonyl (C=O) groups excluding carboxylic acids is 1. The van der Waals surface area contributed by atoms with Gasteiger partial charge in [0.05, 0.1) is 6.54 Å². The molecular weight excluding hydrogens is 240 g/mol. The molecule has 1 fully saturated rings. The van der Waals surface area contributed by atoms with Crippen LogP contribution < -0.4 is 10.6 Å². The van der Waals surface area contributed by atoms with Crippen LogP contribution in [-0.4, -0.2) is 35.9 Å². The molecule has 1 unspecified atom stereocenters. The fourth-order valence-electron chi connectivity index (χ4n) is 0.879.